The summed E-state index contributed by atoms with van der Waals surface area (Å²) in [7, 11) is 0. The van der Waals surface area contributed by atoms with E-state index in [4.69, 9.17) is 4.74 Å². The van der Waals surface area contributed by atoms with Crippen LogP contribution < -0.4 is 4.90 Å². The number of imide groups is 1. The molecule has 3 aliphatic heterocycles. The Labute approximate surface area is 119 Å². The number of ether oxygens (including phenoxy) is 1. The first-order valence-electron chi connectivity index (χ1n) is 6.85. The normalized spacial score (nSPS) is 33.6. The Morgan fingerprint density at radius 3 is 2.33 bits per heavy atom. The van der Waals surface area contributed by atoms with Gasteiger partial charge in [-0.1, -0.05) is 6.07 Å². The molecule has 2 amide bonds. The molecule has 0 aromatic heterocycles. The van der Waals surface area contributed by atoms with Crippen molar-refractivity contribution in [1.29, 1.82) is 0 Å². The number of carbonyl (C=O) groups is 2. The Hall–Kier alpha value is -2.28. The highest BCUT2D eigenvalue weighted by molar-refractivity contribution is 6.22. The van der Waals surface area contributed by atoms with Crippen LogP contribution in [-0.4, -0.2) is 28.9 Å². The number of hydrogen-bond acceptors (Lipinski definition) is 5. The number of carbonyl (C=O) groups excluding carboxylic acids is 2. The first-order chi connectivity index (χ1) is 10.1. The molecule has 0 unspecified atom stereocenters. The second kappa shape index (κ2) is 4.11. The van der Waals surface area contributed by atoms with E-state index in [-0.39, 0.29) is 35.4 Å². The zero-order chi connectivity index (χ0) is 14.7. The number of hydrogen-bond donors (Lipinski definition) is 0. The number of benzene rings is 1. The molecule has 0 radical (unpaired) electrons. The van der Waals surface area contributed by atoms with Crippen molar-refractivity contribution in [2.45, 2.75) is 25.0 Å². The molecule has 7 nitrogen and oxygen atoms in total. The number of rotatable bonds is 2. The van der Waals surface area contributed by atoms with Crippen LogP contribution in [0.5, 0.6) is 0 Å². The third-order valence-electron chi connectivity index (χ3n) is 4.58. The number of non-ortho nitro benzene ring substituents is 1. The van der Waals surface area contributed by atoms with Crippen molar-refractivity contribution in [3.05, 3.63) is 34.4 Å². The summed E-state index contributed by atoms with van der Waals surface area (Å²) in [6.45, 7) is 0. The smallest absolute Gasteiger partial charge is 0.271 e. The highest BCUT2D eigenvalue weighted by Gasteiger charge is 2.62. The van der Waals surface area contributed by atoms with E-state index in [1.807, 2.05) is 0 Å². The summed E-state index contributed by atoms with van der Waals surface area (Å²) in [6.07, 6.45) is 1.24. The van der Waals surface area contributed by atoms with Crippen LogP contribution in [0.3, 0.4) is 0 Å². The molecule has 108 valence electrons. The van der Waals surface area contributed by atoms with Crippen LogP contribution in [0.25, 0.3) is 0 Å². The van der Waals surface area contributed by atoms with Gasteiger partial charge in [-0.3, -0.25) is 19.7 Å². The molecule has 1 aromatic carbocycles. The zero-order valence-corrected chi connectivity index (χ0v) is 11.0. The quantitative estimate of drug-likeness (QED) is 0.464. The molecule has 1 aromatic rings. The van der Waals surface area contributed by atoms with Crippen LogP contribution in [-0.2, 0) is 14.3 Å². The summed E-state index contributed by atoms with van der Waals surface area (Å²) in [4.78, 5) is 36.4. The van der Waals surface area contributed by atoms with E-state index < -0.39 is 16.8 Å². The molecule has 4 rings (SSSR count). The van der Waals surface area contributed by atoms with Crippen molar-refractivity contribution in [2.75, 3.05) is 4.90 Å². The number of nitrogens with zero attached hydrogens (tertiary/aromatic N) is 2. The number of amides is 2. The third-order valence-corrected chi connectivity index (χ3v) is 4.58. The average molecular weight is 288 g/mol. The van der Waals surface area contributed by atoms with Crippen molar-refractivity contribution in [3.8, 4) is 0 Å². The first kappa shape index (κ1) is 12.5. The second-order valence-corrected chi connectivity index (χ2v) is 5.63. The van der Waals surface area contributed by atoms with Gasteiger partial charge in [0.05, 0.1) is 34.7 Å². The van der Waals surface area contributed by atoms with Gasteiger partial charge in [0.25, 0.3) is 5.69 Å². The van der Waals surface area contributed by atoms with Gasteiger partial charge in [0, 0.05) is 12.1 Å². The van der Waals surface area contributed by atoms with E-state index in [2.05, 4.69) is 0 Å². The van der Waals surface area contributed by atoms with Gasteiger partial charge >= 0.3 is 0 Å². The van der Waals surface area contributed by atoms with Crippen molar-refractivity contribution in [3.63, 3.8) is 0 Å². The largest absolute Gasteiger partial charge is 0.373 e. The molecule has 0 aliphatic carbocycles. The predicted molar refractivity (Wildman–Crippen MR) is 70.5 cm³/mol. The lowest BCUT2D eigenvalue weighted by atomic mass is 9.81. The van der Waals surface area contributed by atoms with Crippen LogP contribution in [0.2, 0.25) is 0 Å². The van der Waals surface area contributed by atoms with Gasteiger partial charge < -0.3 is 4.74 Å². The molecule has 2 bridgehead atoms. The van der Waals surface area contributed by atoms with Crippen LogP contribution in [0.4, 0.5) is 11.4 Å². The topological polar surface area (TPSA) is 89.8 Å². The van der Waals surface area contributed by atoms with Crippen molar-refractivity contribution < 1.29 is 19.2 Å². The number of nitro benzene ring substituents is 1. The standard InChI is InChI=1S/C14H12N2O5/c17-13-11-9-4-5-10(21-9)12(11)14(18)15(13)7-2-1-3-8(6-7)16(19)20/h1-3,6,9-12H,4-5H2/t9-,10-,11+,12+/m1/s1. The van der Waals surface area contributed by atoms with Gasteiger partial charge in [-0.05, 0) is 18.9 Å². The summed E-state index contributed by atoms with van der Waals surface area (Å²) in [5.74, 6) is -1.43. The maximum absolute atomic E-state index is 12.5. The SMILES string of the molecule is O=C1[C@@H]2[C@@H](C(=O)N1c1cccc([N+](=O)[O-])c1)[C@H]1CC[C@H]2O1. The van der Waals surface area contributed by atoms with Crippen LogP contribution in [0, 0.1) is 22.0 Å². The van der Waals surface area contributed by atoms with E-state index >= 15 is 0 Å². The Balaban J connectivity index is 1.73. The van der Waals surface area contributed by atoms with Gasteiger partial charge in [0.15, 0.2) is 0 Å². The molecule has 3 aliphatic rings. The number of nitro groups is 1. The van der Waals surface area contributed by atoms with Gasteiger partial charge in [0.1, 0.15) is 0 Å². The fourth-order valence-electron chi connectivity index (χ4n) is 3.71. The van der Waals surface area contributed by atoms with Crippen molar-refractivity contribution in [2.24, 2.45) is 11.8 Å². The fraction of sp³-hybridized carbons (Fsp3) is 0.429. The Morgan fingerprint density at radius 1 is 1.14 bits per heavy atom. The highest BCUT2D eigenvalue weighted by atomic mass is 16.6. The third kappa shape index (κ3) is 1.58. The number of fused-ring (bicyclic) bond motifs is 5. The monoisotopic (exact) mass is 288 g/mol. The molecule has 7 heteroatoms. The minimum atomic E-state index is -0.540. The fourth-order valence-corrected chi connectivity index (χ4v) is 3.71. The summed E-state index contributed by atoms with van der Waals surface area (Å²) < 4.78 is 5.65. The van der Waals surface area contributed by atoms with E-state index in [1.165, 1.54) is 18.2 Å². The lowest BCUT2D eigenvalue weighted by Gasteiger charge is -2.17. The van der Waals surface area contributed by atoms with Gasteiger partial charge in [-0.15, -0.1) is 0 Å². The highest BCUT2D eigenvalue weighted by Crippen LogP contribution is 2.49. The second-order valence-electron chi connectivity index (χ2n) is 5.63. The van der Waals surface area contributed by atoms with E-state index in [9.17, 15) is 19.7 Å². The Morgan fingerprint density at radius 2 is 1.76 bits per heavy atom. The molecule has 0 spiro atoms. The minimum Gasteiger partial charge on any atom is -0.373 e. The minimum absolute atomic E-state index is 0.135. The van der Waals surface area contributed by atoms with Crippen molar-refractivity contribution >= 4 is 23.2 Å². The number of anilines is 1. The predicted octanol–water partition coefficient (Wildman–Crippen LogP) is 1.26. The van der Waals surface area contributed by atoms with Crippen LogP contribution in [0.15, 0.2) is 24.3 Å². The Kier molecular flexibility index (Phi) is 2.44. The lowest BCUT2D eigenvalue weighted by Crippen LogP contribution is -2.34. The van der Waals surface area contributed by atoms with Crippen LogP contribution in [0.1, 0.15) is 12.8 Å². The van der Waals surface area contributed by atoms with Crippen LogP contribution >= 0.6 is 0 Å². The Bertz CT molecular complexity index is 645. The lowest BCUT2D eigenvalue weighted by molar-refractivity contribution is -0.384. The van der Waals surface area contributed by atoms with Gasteiger partial charge in [-0.25, -0.2) is 4.90 Å². The van der Waals surface area contributed by atoms with Crippen molar-refractivity contribution in [1.82, 2.24) is 0 Å². The maximum atomic E-state index is 12.5. The first-order valence-corrected chi connectivity index (χ1v) is 6.85. The summed E-state index contributed by atoms with van der Waals surface area (Å²) >= 11 is 0. The molecule has 0 saturated carbocycles. The maximum Gasteiger partial charge on any atom is 0.271 e. The molecular formula is C14H12N2O5. The summed E-state index contributed by atoms with van der Waals surface area (Å²) in [5, 5.41) is 10.8. The molecule has 4 atom stereocenters. The van der Waals surface area contributed by atoms with E-state index in [1.54, 1.807) is 6.07 Å². The molecule has 21 heavy (non-hydrogen) atoms. The zero-order valence-electron chi connectivity index (χ0n) is 11.0. The van der Waals surface area contributed by atoms with E-state index in [0.29, 0.717) is 0 Å². The molecule has 0 N–H and O–H groups in total. The molecule has 3 fully saturated rings. The van der Waals surface area contributed by atoms with E-state index in [0.717, 1.165) is 17.7 Å². The molecular weight excluding hydrogens is 276 g/mol. The molecule has 3 saturated heterocycles. The summed E-state index contributed by atoms with van der Waals surface area (Å²) in [6, 6.07) is 5.63. The van der Waals surface area contributed by atoms with Gasteiger partial charge in [-0.2, -0.15) is 0 Å². The summed E-state index contributed by atoms with van der Waals surface area (Å²) in [5.41, 5.74) is 0.136. The molecule has 3 heterocycles. The van der Waals surface area contributed by atoms with Gasteiger partial charge in [0.2, 0.25) is 11.8 Å². The average Bonchev–Trinajstić information content (AvgIpc) is 3.13.